The van der Waals surface area contributed by atoms with Crippen LogP contribution in [0.15, 0.2) is 30.3 Å². The second-order valence-electron chi connectivity index (χ2n) is 5.22. The number of thiocarbonyl (C=S) groups is 1. The molecule has 1 fully saturated rings. The summed E-state index contributed by atoms with van der Waals surface area (Å²) in [5, 5.41) is 6.82. The van der Waals surface area contributed by atoms with Crippen LogP contribution in [0.1, 0.15) is 18.9 Å². The molecule has 2 atom stereocenters. The van der Waals surface area contributed by atoms with Crippen molar-refractivity contribution < 1.29 is 8.76 Å². The summed E-state index contributed by atoms with van der Waals surface area (Å²) < 4.78 is 21.2. The lowest BCUT2D eigenvalue weighted by Gasteiger charge is -2.23. The lowest BCUT2D eigenvalue weighted by Crippen LogP contribution is -2.51. The number of nitrogens with one attached hydrogen (secondary N) is 2. The highest BCUT2D eigenvalue weighted by molar-refractivity contribution is 7.98. The average Bonchev–Trinajstić information content (AvgIpc) is 2.62. The van der Waals surface area contributed by atoms with Crippen molar-refractivity contribution in [3.05, 3.63) is 35.9 Å². The van der Waals surface area contributed by atoms with E-state index >= 15 is 0 Å². The zero-order valence-electron chi connectivity index (χ0n) is 10.9. The Morgan fingerprint density at radius 1 is 1.47 bits per heavy atom. The Morgan fingerprint density at radius 2 is 2.16 bits per heavy atom. The molecule has 0 saturated carbocycles. The van der Waals surface area contributed by atoms with Gasteiger partial charge in [0.15, 0.2) is 10.9 Å². The number of rotatable bonds is 3. The molecule has 1 aromatic carbocycles. The van der Waals surface area contributed by atoms with E-state index in [-0.39, 0.29) is 11.3 Å². The van der Waals surface area contributed by atoms with Crippen molar-refractivity contribution in [3.8, 4) is 0 Å². The Morgan fingerprint density at radius 3 is 2.74 bits per heavy atom. The second-order valence-corrected chi connectivity index (χ2v) is 7.88. The summed E-state index contributed by atoms with van der Waals surface area (Å²) >= 11 is 5.24. The van der Waals surface area contributed by atoms with E-state index < -0.39 is 10.2 Å². The molecule has 1 aliphatic rings. The molecule has 0 aromatic heterocycles. The molecule has 3 N–H and O–H groups in total. The highest BCUT2D eigenvalue weighted by Gasteiger charge is 2.47. The van der Waals surface area contributed by atoms with E-state index in [1.54, 1.807) is 0 Å². The first-order valence-corrected chi connectivity index (χ1v) is 8.47. The molecule has 0 amide bonds. The fourth-order valence-electron chi connectivity index (χ4n) is 2.22. The van der Waals surface area contributed by atoms with Crippen LogP contribution in [0, 0.1) is 0 Å². The van der Waals surface area contributed by atoms with Crippen molar-refractivity contribution in [2.24, 2.45) is 0 Å². The number of hydrogen-bond donors (Lipinski definition) is 3. The number of hydrogen-bond acceptors (Lipinski definition) is 2. The molecular weight excluding hydrogens is 280 g/mol. The van der Waals surface area contributed by atoms with Gasteiger partial charge in [-0.25, -0.2) is 0 Å². The van der Waals surface area contributed by atoms with Crippen LogP contribution in [0.4, 0.5) is 0 Å². The molecule has 1 heterocycles. The standard InChI is InChI=1S/C13H18N2O2S2/c1-13(7-8-19(16,17)10-13)15-12(18)14-9-11-5-3-2-4-6-11/h2-6H,7-10H2,1H3,(H2-,14,15,16,17,18)/p+1/t13-/m0/s1. The number of benzene rings is 1. The van der Waals surface area contributed by atoms with Crippen molar-refractivity contribution in [1.82, 2.24) is 10.6 Å². The fraction of sp³-hybridized carbons (Fsp3) is 0.462. The van der Waals surface area contributed by atoms with Crippen molar-refractivity contribution in [2.75, 3.05) is 11.5 Å². The third kappa shape index (κ3) is 4.26. The first-order chi connectivity index (χ1) is 8.89. The van der Waals surface area contributed by atoms with Crippen LogP contribution < -0.4 is 10.6 Å². The van der Waals surface area contributed by atoms with Gasteiger partial charge in [-0.05, 0) is 24.7 Å². The molecule has 0 aliphatic carbocycles. The second kappa shape index (κ2) is 5.56. The highest BCUT2D eigenvalue weighted by Crippen LogP contribution is 2.26. The van der Waals surface area contributed by atoms with E-state index in [0.29, 0.717) is 23.8 Å². The molecule has 1 aromatic rings. The maximum Gasteiger partial charge on any atom is 0.216 e. The lowest BCUT2D eigenvalue weighted by atomic mass is 10.0. The minimum Gasteiger partial charge on any atom is -0.359 e. The fourth-order valence-corrected chi connectivity index (χ4v) is 4.67. The largest absolute Gasteiger partial charge is 0.359 e. The summed E-state index contributed by atoms with van der Waals surface area (Å²) in [5.41, 5.74) is 0.765. The Hall–Kier alpha value is -0.980. The van der Waals surface area contributed by atoms with Gasteiger partial charge in [0.25, 0.3) is 0 Å². The average molecular weight is 299 g/mol. The van der Waals surface area contributed by atoms with Crippen molar-refractivity contribution in [1.29, 1.82) is 0 Å². The van der Waals surface area contributed by atoms with Crippen molar-refractivity contribution in [3.63, 3.8) is 0 Å². The molecule has 0 spiro atoms. The van der Waals surface area contributed by atoms with Gasteiger partial charge in [-0.1, -0.05) is 34.5 Å². The van der Waals surface area contributed by atoms with Crippen LogP contribution in [-0.2, 0) is 21.0 Å². The van der Waals surface area contributed by atoms with Crippen LogP contribution in [-0.4, -0.2) is 26.7 Å². The van der Waals surface area contributed by atoms with Crippen molar-refractivity contribution >= 4 is 27.5 Å². The van der Waals surface area contributed by atoms with E-state index in [2.05, 4.69) is 10.6 Å². The molecule has 4 nitrogen and oxygen atoms in total. The quantitative estimate of drug-likeness (QED) is 0.587. The van der Waals surface area contributed by atoms with E-state index in [9.17, 15) is 8.76 Å². The topological polar surface area (TPSA) is 61.4 Å². The molecule has 19 heavy (non-hydrogen) atoms. The zero-order valence-corrected chi connectivity index (χ0v) is 12.5. The highest BCUT2D eigenvalue weighted by atomic mass is 32.3. The summed E-state index contributed by atoms with van der Waals surface area (Å²) in [4.78, 5) is 0. The monoisotopic (exact) mass is 299 g/mol. The Kier molecular flexibility index (Phi) is 4.23. The Balaban J connectivity index is 1.84. The van der Waals surface area contributed by atoms with Crippen LogP contribution in [0.25, 0.3) is 0 Å². The zero-order chi connectivity index (χ0) is 13.9. The molecule has 2 rings (SSSR count). The summed E-state index contributed by atoms with van der Waals surface area (Å²) in [6.07, 6.45) is 0.662. The van der Waals surface area contributed by atoms with Crippen LogP contribution in [0.3, 0.4) is 0 Å². The summed E-state index contributed by atoms with van der Waals surface area (Å²) in [5.74, 6) is 0.602. The Labute approximate surface area is 120 Å². The minimum absolute atomic E-state index is 0.257. The molecule has 0 bridgehead atoms. The van der Waals surface area contributed by atoms with E-state index in [1.807, 2.05) is 37.3 Å². The van der Waals surface area contributed by atoms with Gasteiger partial charge in [-0.2, -0.15) is 4.55 Å². The lowest BCUT2D eigenvalue weighted by molar-refractivity contribution is 0.461. The van der Waals surface area contributed by atoms with Gasteiger partial charge in [0.2, 0.25) is 10.2 Å². The molecular formula is C13H19N2O2S2+. The maximum atomic E-state index is 11.6. The van der Waals surface area contributed by atoms with Crippen LogP contribution in [0.5, 0.6) is 0 Å². The Bertz CT molecular complexity index is 507. The van der Waals surface area contributed by atoms with Crippen molar-refractivity contribution in [2.45, 2.75) is 25.4 Å². The molecule has 0 radical (unpaired) electrons. The molecule has 6 heteroatoms. The van der Waals surface area contributed by atoms with Gasteiger partial charge in [-0.3, -0.25) is 0 Å². The van der Waals surface area contributed by atoms with Gasteiger partial charge < -0.3 is 10.6 Å². The maximum absolute atomic E-state index is 11.6. The third-order valence-corrected chi connectivity index (χ3v) is 5.40. The predicted molar refractivity (Wildman–Crippen MR) is 82.5 cm³/mol. The normalized spacial score (nSPS) is 30.0. The van der Waals surface area contributed by atoms with Gasteiger partial charge >= 0.3 is 0 Å². The molecule has 1 aliphatic heterocycles. The third-order valence-electron chi connectivity index (χ3n) is 3.23. The minimum atomic E-state index is -2.67. The first-order valence-electron chi connectivity index (χ1n) is 6.21. The van der Waals surface area contributed by atoms with Gasteiger partial charge in [-0.15, -0.1) is 0 Å². The van der Waals surface area contributed by atoms with E-state index in [1.165, 1.54) is 0 Å². The van der Waals surface area contributed by atoms with E-state index in [0.717, 1.165) is 5.56 Å². The smallest absolute Gasteiger partial charge is 0.216 e. The predicted octanol–water partition coefficient (Wildman–Crippen LogP) is 1.79. The van der Waals surface area contributed by atoms with Gasteiger partial charge in [0.05, 0.1) is 5.54 Å². The van der Waals surface area contributed by atoms with Gasteiger partial charge in [0.1, 0.15) is 5.75 Å². The summed E-state index contributed by atoms with van der Waals surface area (Å²) in [6, 6.07) is 9.97. The molecule has 104 valence electrons. The summed E-state index contributed by atoms with van der Waals surface area (Å²) in [7, 11) is -2.67. The van der Waals surface area contributed by atoms with Crippen LogP contribution in [0.2, 0.25) is 0 Å². The SMILES string of the molecule is C[C@]1(NC(=S)NCc2ccccc2)CC[S+](=O)(O)C1. The summed E-state index contributed by atoms with van der Waals surface area (Å²) in [6.45, 7) is 2.59. The molecule has 1 saturated heterocycles. The van der Waals surface area contributed by atoms with Gasteiger partial charge in [0, 0.05) is 13.0 Å². The molecule has 1 unspecified atom stereocenters. The van der Waals surface area contributed by atoms with E-state index in [4.69, 9.17) is 12.2 Å². The van der Waals surface area contributed by atoms with Crippen LogP contribution >= 0.6 is 12.2 Å². The first kappa shape index (κ1) is 14.4.